The van der Waals surface area contributed by atoms with Gasteiger partial charge in [-0.05, 0) is 5.56 Å². The first-order chi connectivity index (χ1) is 10.9. The maximum atomic E-state index is 12.3. The van der Waals surface area contributed by atoms with Crippen LogP contribution in [0.25, 0.3) is 0 Å². The highest BCUT2D eigenvalue weighted by atomic mass is 79.9. The Hall–Kier alpha value is -2.00. The monoisotopic (exact) mass is 386 g/mol. The maximum Gasteiger partial charge on any atom is 0.306 e. The molecule has 1 heterocycles. The second kappa shape index (κ2) is 7.51. The molecule has 124 valence electrons. The van der Waals surface area contributed by atoms with Crippen molar-refractivity contribution in [1.82, 2.24) is 4.90 Å². The van der Waals surface area contributed by atoms with Crippen LogP contribution in [0.3, 0.4) is 0 Å². The molecule has 2 rings (SSSR count). The number of carbonyl (C=O) groups excluding carboxylic acids is 1. The maximum absolute atomic E-state index is 12.3. The Kier molecular flexibility index (Phi) is 5.67. The second-order valence-electron chi connectivity index (χ2n) is 5.14. The number of carboxylic acid groups (broad SMARTS) is 1. The summed E-state index contributed by atoms with van der Waals surface area (Å²) in [7, 11) is 0. The average Bonchev–Trinajstić information content (AvgIpc) is 2.48. The molecule has 23 heavy (non-hydrogen) atoms. The number of aliphatic carboxylic acids is 1. The minimum absolute atomic E-state index is 0.0547. The van der Waals surface area contributed by atoms with Gasteiger partial charge in [-0.15, -0.1) is 0 Å². The smallest absolute Gasteiger partial charge is 0.306 e. The van der Waals surface area contributed by atoms with E-state index in [0.29, 0.717) is 23.2 Å². The Morgan fingerprint density at radius 3 is 2.83 bits per heavy atom. The Morgan fingerprint density at radius 1 is 1.48 bits per heavy atom. The summed E-state index contributed by atoms with van der Waals surface area (Å²) in [5.74, 6) is -1.14. The standard InChI is InChI=1S/C14H15BrN2O6/c15-12-6-10(17(21)22)2-1-9(12)5-13(18)16-3-4-23-11(8-16)7-14(19)20/h1-2,6,11H,3-5,7-8H2,(H,19,20). The number of benzene rings is 1. The lowest BCUT2D eigenvalue weighted by Gasteiger charge is -2.32. The number of nitro benzene ring substituents is 1. The number of hydrogen-bond donors (Lipinski definition) is 1. The Morgan fingerprint density at radius 2 is 2.22 bits per heavy atom. The fourth-order valence-electron chi connectivity index (χ4n) is 2.33. The van der Waals surface area contributed by atoms with Gasteiger partial charge in [0.05, 0.1) is 30.5 Å². The molecule has 0 spiro atoms. The van der Waals surface area contributed by atoms with Crippen LogP contribution in [0.4, 0.5) is 5.69 Å². The molecule has 1 unspecified atom stereocenters. The molecule has 0 bridgehead atoms. The summed E-state index contributed by atoms with van der Waals surface area (Å²) in [5.41, 5.74) is 0.586. The van der Waals surface area contributed by atoms with Crippen molar-refractivity contribution in [2.75, 3.05) is 19.7 Å². The first-order valence-corrected chi connectivity index (χ1v) is 7.70. The van der Waals surface area contributed by atoms with Gasteiger partial charge in [-0.3, -0.25) is 19.7 Å². The summed E-state index contributed by atoms with van der Waals surface area (Å²) in [4.78, 5) is 34.8. The lowest BCUT2D eigenvalue weighted by atomic mass is 10.1. The average molecular weight is 387 g/mol. The van der Waals surface area contributed by atoms with E-state index in [2.05, 4.69) is 15.9 Å². The lowest BCUT2D eigenvalue weighted by molar-refractivity contribution is -0.384. The van der Waals surface area contributed by atoms with E-state index in [4.69, 9.17) is 9.84 Å². The first-order valence-electron chi connectivity index (χ1n) is 6.91. The van der Waals surface area contributed by atoms with E-state index in [9.17, 15) is 19.7 Å². The number of nitrogens with zero attached hydrogens (tertiary/aromatic N) is 2. The van der Waals surface area contributed by atoms with Crippen LogP contribution >= 0.6 is 15.9 Å². The quantitative estimate of drug-likeness (QED) is 0.607. The van der Waals surface area contributed by atoms with Gasteiger partial charge < -0.3 is 14.7 Å². The third kappa shape index (κ3) is 4.73. The Bertz CT molecular complexity index is 636. The van der Waals surface area contributed by atoms with Crippen molar-refractivity contribution in [3.05, 3.63) is 38.3 Å². The molecule has 1 aliphatic rings. The second-order valence-corrected chi connectivity index (χ2v) is 5.99. The predicted molar refractivity (Wildman–Crippen MR) is 83.1 cm³/mol. The van der Waals surface area contributed by atoms with Crippen LogP contribution in [0.5, 0.6) is 0 Å². The van der Waals surface area contributed by atoms with Crippen LogP contribution in [0.1, 0.15) is 12.0 Å². The molecule has 1 amide bonds. The SMILES string of the molecule is O=C(O)CC1CN(C(=O)Cc2ccc([N+](=O)[O-])cc2Br)CCO1. The largest absolute Gasteiger partial charge is 0.481 e. The third-order valence-corrected chi connectivity index (χ3v) is 4.22. The van der Waals surface area contributed by atoms with E-state index in [1.54, 1.807) is 4.90 Å². The molecule has 0 aromatic heterocycles. The lowest BCUT2D eigenvalue weighted by Crippen LogP contribution is -2.46. The Balaban J connectivity index is 2.01. The zero-order valence-corrected chi connectivity index (χ0v) is 13.7. The minimum atomic E-state index is -0.970. The van der Waals surface area contributed by atoms with Crippen LogP contribution in [0.2, 0.25) is 0 Å². The van der Waals surface area contributed by atoms with Gasteiger partial charge in [0.25, 0.3) is 5.69 Å². The molecule has 1 aliphatic heterocycles. The van der Waals surface area contributed by atoms with Crippen LogP contribution < -0.4 is 0 Å². The summed E-state index contributed by atoms with van der Waals surface area (Å²) in [6.07, 6.45) is -0.575. The number of rotatable bonds is 5. The van der Waals surface area contributed by atoms with Gasteiger partial charge in [0.1, 0.15) is 0 Å². The summed E-state index contributed by atoms with van der Waals surface area (Å²) in [6.45, 7) is 0.931. The number of carbonyl (C=O) groups is 2. The topological polar surface area (TPSA) is 110 Å². The fourth-order valence-corrected chi connectivity index (χ4v) is 2.84. The van der Waals surface area contributed by atoms with E-state index < -0.39 is 17.0 Å². The van der Waals surface area contributed by atoms with Crippen LogP contribution in [0, 0.1) is 10.1 Å². The molecule has 1 aromatic rings. The number of amides is 1. The van der Waals surface area contributed by atoms with Crippen molar-refractivity contribution in [1.29, 1.82) is 0 Å². The zero-order valence-electron chi connectivity index (χ0n) is 12.1. The van der Waals surface area contributed by atoms with E-state index in [-0.39, 0.29) is 31.0 Å². The van der Waals surface area contributed by atoms with Crippen LogP contribution in [0.15, 0.2) is 22.7 Å². The van der Waals surface area contributed by atoms with Gasteiger partial charge in [0, 0.05) is 29.7 Å². The van der Waals surface area contributed by atoms with Crippen molar-refractivity contribution in [3.8, 4) is 0 Å². The van der Waals surface area contributed by atoms with Gasteiger partial charge in [0.15, 0.2) is 0 Å². The number of nitro groups is 1. The van der Waals surface area contributed by atoms with Crippen molar-refractivity contribution < 1.29 is 24.4 Å². The van der Waals surface area contributed by atoms with E-state index in [0.717, 1.165) is 0 Å². The molecule has 0 radical (unpaired) electrons. The normalized spacial score (nSPS) is 17.8. The number of halogens is 1. The summed E-state index contributed by atoms with van der Waals surface area (Å²) in [5, 5.41) is 19.5. The first kappa shape index (κ1) is 17.4. The molecule has 0 saturated carbocycles. The summed E-state index contributed by atoms with van der Waals surface area (Å²) >= 11 is 3.23. The highest BCUT2D eigenvalue weighted by Crippen LogP contribution is 2.24. The van der Waals surface area contributed by atoms with Gasteiger partial charge in [-0.1, -0.05) is 22.0 Å². The van der Waals surface area contributed by atoms with Crippen molar-refractivity contribution >= 4 is 33.5 Å². The summed E-state index contributed by atoms with van der Waals surface area (Å²) < 4.78 is 5.82. The third-order valence-electron chi connectivity index (χ3n) is 3.48. The van der Waals surface area contributed by atoms with Gasteiger partial charge in [0.2, 0.25) is 5.91 Å². The van der Waals surface area contributed by atoms with E-state index in [1.807, 2.05) is 0 Å². The van der Waals surface area contributed by atoms with Crippen molar-refractivity contribution in [3.63, 3.8) is 0 Å². The van der Waals surface area contributed by atoms with Crippen LogP contribution in [-0.2, 0) is 20.7 Å². The molecular weight excluding hydrogens is 372 g/mol. The number of morpholine rings is 1. The minimum Gasteiger partial charge on any atom is -0.481 e. The van der Waals surface area contributed by atoms with Crippen LogP contribution in [-0.4, -0.2) is 52.6 Å². The molecule has 0 aliphatic carbocycles. The molecule has 9 heteroatoms. The van der Waals surface area contributed by atoms with Gasteiger partial charge in [-0.2, -0.15) is 0 Å². The Labute approximate surface area is 140 Å². The predicted octanol–water partition coefficient (Wildman–Crippen LogP) is 1.60. The highest BCUT2D eigenvalue weighted by Gasteiger charge is 2.26. The van der Waals surface area contributed by atoms with Gasteiger partial charge in [-0.25, -0.2) is 0 Å². The highest BCUT2D eigenvalue weighted by molar-refractivity contribution is 9.10. The number of non-ortho nitro benzene ring substituents is 1. The molecule has 1 saturated heterocycles. The fraction of sp³-hybridized carbons (Fsp3) is 0.429. The summed E-state index contributed by atoms with van der Waals surface area (Å²) in [6, 6.07) is 4.24. The number of ether oxygens (including phenoxy) is 1. The molecule has 1 N–H and O–H groups in total. The zero-order chi connectivity index (χ0) is 17.0. The van der Waals surface area contributed by atoms with E-state index in [1.165, 1.54) is 18.2 Å². The molecular formula is C14H15BrN2O6. The molecule has 1 fully saturated rings. The molecule has 1 aromatic carbocycles. The number of carboxylic acids is 1. The van der Waals surface area contributed by atoms with Crippen molar-refractivity contribution in [2.45, 2.75) is 18.9 Å². The number of hydrogen-bond acceptors (Lipinski definition) is 5. The molecule has 1 atom stereocenters. The molecule has 8 nitrogen and oxygen atoms in total. The van der Waals surface area contributed by atoms with Crippen molar-refractivity contribution in [2.24, 2.45) is 0 Å². The van der Waals surface area contributed by atoms with Gasteiger partial charge >= 0.3 is 5.97 Å². The van der Waals surface area contributed by atoms with E-state index >= 15 is 0 Å².